The summed E-state index contributed by atoms with van der Waals surface area (Å²) in [5.74, 6) is 0.836. The van der Waals surface area contributed by atoms with Gasteiger partial charge in [0.25, 0.3) is 0 Å². The maximum absolute atomic E-state index is 12.5. The number of nitrogens with one attached hydrogen (secondary N) is 1. The van der Waals surface area contributed by atoms with Gasteiger partial charge < -0.3 is 19.0 Å². The van der Waals surface area contributed by atoms with Crippen molar-refractivity contribution in [3.63, 3.8) is 0 Å². The predicted octanol–water partition coefficient (Wildman–Crippen LogP) is 1.91. The topological polar surface area (TPSA) is 75.7 Å². The molecule has 1 N–H and O–H groups in total. The minimum Gasteiger partial charge on any atom is -0.403 e. The molecule has 0 amide bonds. The Bertz CT molecular complexity index is 1120. The fourth-order valence-electron chi connectivity index (χ4n) is 3.30. The molecule has 0 aromatic carbocycles. The van der Waals surface area contributed by atoms with E-state index in [4.69, 9.17) is 4.42 Å². The lowest BCUT2D eigenvalue weighted by Crippen LogP contribution is -2.43. The summed E-state index contributed by atoms with van der Waals surface area (Å²) in [4.78, 5) is 23.8. The van der Waals surface area contributed by atoms with E-state index in [0.29, 0.717) is 17.0 Å². The standard InChI is InChI=1S/C19H17N5O2/c25-19-14(15-12-24-8-2-1-3-16(24)21-15)11-13-4-5-17(22-18(13)26-19)23-9-6-20-7-10-23/h1-5,8,11-12,20H,6-7,9-10H2. The van der Waals surface area contributed by atoms with Crippen molar-refractivity contribution in [1.82, 2.24) is 19.7 Å². The van der Waals surface area contributed by atoms with E-state index >= 15 is 0 Å². The summed E-state index contributed by atoms with van der Waals surface area (Å²) >= 11 is 0. The molecule has 0 spiro atoms. The van der Waals surface area contributed by atoms with Gasteiger partial charge >= 0.3 is 5.63 Å². The Morgan fingerprint density at radius 2 is 1.96 bits per heavy atom. The van der Waals surface area contributed by atoms with E-state index in [1.807, 2.05) is 47.1 Å². The third-order valence-corrected chi connectivity index (χ3v) is 4.67. The number of imidazole rings is 1. The molecule has 1 fully saturated rings. The second kappa shape index (κ2) is 5.96. The lowest BCUT2D eigenvalue weighted by atomic mass is 10.2. The maximum atomic E-state index is 12.5. The van der Waals surface area contributed by atoms with Gasteiger partial charge in [-0.25, -0.2) is 9.78 Å². The SMILES string of the molecule is O=c1oc2nc(N3CCNCC3)ccc2cc1-c1cn2ccccc2n1. The minimum absolute atomic E-state index is 0.360. The van der Waals surface area contributed by atoms with Crippen molar-refractivity contribution >= 4 is 22.6 Å². The van der Waals surface area contributed by atoms with Crippen LogP contribution in [0.1, 0.15) is 0 Å². The highest BCUT2D eigenvalue weighted by Gasteiger charge is 2.15. The highest BCUT2D eigenvalue weighted by Crippen LogP contribution is 2.22. The van der Waals surface area contributed by atoms with Gasteiger partial charge in [-0.3, -0.25) is 0 Å². The number of aromatic nitrogens is 3. The molecule has 7 heteroatoms. The summed E-state index contributed by atoms with van der Waals surface area (Å²) in [7, 11) is 0. The van der Waals surface area contributed by atoms with Crippen molar-refractivity contribution in [2.24, 2.45) is 0 Å². The third kappa shape index (κ3) is 2.53. The molecule has 4 aromatic heterocycles. The van der Waals surface area contributed by atoms with Crippen LogP contribution in [0.2, 0.25) is 0 Å². The highest BCUT2D eigenvalue weighted by atomic mass is 16.4. The van der Waals surface area contributed by atoms with E-state index < -0.39 is 5.63 Å². The highest BCUT2D eigenvalue weighted by molar-refractivity contribution is 5.80. The van der Waals surface area contributed by atoms with Crippen LogP contribution in [0.4, 0.5) is 5.82 Å². The molecule has 0 atom stereocenters. The average Bonchev–Trinajstić information content (AvgIpc) is 3.11. The molecule has 5 heterocycles. The van der Waals surface area contributed by atoms with Crippen molar-refractivity contribution in [2.45, 2.75) is 0 Å². The lowest BCUT2D eigenvalue weighted by Gasteiger charge is -2.28. The van der Waals surface area contributed by atoms with Crippen molar-refractivity contribution in [3.8, 4) is 11.3 Å². The maximum Gasteiger partial charge on any atom is 0.347 e. The number of pyridine rings is 2. The van der Waals surface area contributed by atoms with Crippen LogP contribution in [-0.2, 0) is 0 Å². The number of hydrogen-bond acceptors (Lipinski definition) is 6. The second-order valence-electron chi connectivity index (χ2n) is 6.34. The Balaban J connectivity index is 1.59. The van der Waals surface area contributed by atoms with Crippen molar-refractivity contribution in [3.05, 3.63) is 59.2 Å². The Kier molecular flexibility index (Phi) is 3.46. The number of nitrogens with zero attached hydrogens (tertiary/aromatic N) is 4. The van der Waals surface area contributed by atoms with Crippen LogP contribution in [0.5, 0.6) is 0 Å². The zero-order valence-electron chi connectivity index (χ0n) is 14.1. The molecule has 0 unspecified atom stereocenters. The molecule has 5 rings (SSSR count). The van der Waals surface area contributed by atoms with Gasteiger partial charge in [0.15, 0.2) is 0 Å². The first kappa shape index (κ1) is 15.1. The Labute approximate surface area is 148 Å². The molecule has 0 saturated carbocycles. The van der Waals surface area contributed by atoms with Crippen LogP contribution in [0.25, 0.3) is 28.0 Å². The number of fused-ring (bicyclic) bond motifs is 2. The minimum atomic E-state index is -0.425. The van der Waals surface area contributed by atoms with Gasteiger partial charge in [-0.05, 0) is 30.3 Å². The summed E-state index contributed by atoms with van der Waals surface area (Å²) in [5.41, 5.74) is 1.76. The van der Waals surface area contributed by atoms with Crippen molar-refractivity contribution < 1.29 is 4.42 Å². The van der Waals surface area contributed by atoms with Gasteiger partial charge in [0.2, 0.25) is 5.71 Å². The first-order chi connectivity index (χ1) is 12.8. The Morgan fingerprint density at radius 1 is 1.08 bits per heavy atom. The van der Waals surface area contributed by atoms with Gasteiger partial charge in [0, 0.05) is 44.0 Å². The largest absolute Gasteiger partial charge is 0.403 e. The van der Waals surface area contributed by atoms with Crippen LogP contribution < -0.4 is 15.8 Å². The Hall–Kier alpha value is -3.19. The number of anilines is 1. The fraction of sp³-hybridized carbons (Fsp3) is 0.211. The van der Waals surface area contributed by atoms with E-state index in [1.54, 1.807) is 6.07 Å². The monoisotopic (exact) mass is 347 g/mol. The van der Waals surface area contributed by atoms with Gasteiger partial charge in [0.1, 0.15) is 11.5 Å². The molecule has 26 heavy (non-hydrogen) atoms. The van der Waals surface area contributed by atoms with E-state index in [9.17, 15) is 4.79 Å². The molecular weight excluding hydrogens is 330 g/mol. The number of rotatable bonds is 2. The van der Waals surface area contributed by atoms with Crippen molar-refractivity contribution in [2.75, 3.05) is 31.1 Å². The smallest absolute Gasteiger partial charge is 0.347 e. The molecule has 130 valence electrons. The van der Waals surface area contributed by atoms with Crippen LogP contribution in [0.15, 0.2) is 58.0 Å². The van der Waals surface area contributed by atoms with E-state index in [-0.39, 0.29) is 0 Å². The fourth-order valence-corrected chi connectivity index (χ4v) is 3.30. The van der Waals surface area contributed by atoms with Crippen LogP contribution in [-0.4, -0.2) is 40.5 Å². The first-order valence-electron chi connectivity index (χ1n) is 8.63. The predicted molar refractivity (Wildman–Crippen MR) is 99.5 cm³/mol. The first-order valence-corrected chi connectivity index (χ1v) is 8.63. The zero-order valence-corrected chi connectivity index (χ0v) is 14.1. The van der Waals surface area contributed by atoms with Gasteiger partial charge in [-0.2, -0.15) is 4.98 Å². The van der Waals surface area contributed by atoms with Crippen LogP contribution >= 0.6 is 0 Å². The van der Waals surface area contributed by atoms with Crippen molar-refractivity contribution in [1.29, 1.82) is 0 Å². The molecule has 1 aliphatic rings. The van der Waals surface area contributed by atoms with E-state index in [0.717, 1.165) is 43.0 Å². The molecule has 0 aliphatic carbocycles. The third-order valence-electron chi connectivity index (χ3n) is 4.67. The summed E-state index contributed by atoms with van der Waals surface area (Å²) < 4.78 is 7.40. The van der Waals surface area contributed by atoms with Gasteiger partial charge in [-0.15, -0.1) is 0 Å². The molecule has 0 bridgehead atoms. The van der Waals surface area contributed by atoms with Crippen LogP contribution in [0, 0.1) is 0 Å². The summed E-state index contributed by atoms with van der Waals surface area (Å²) in [6, 6.07) is 11.5. The summed E-state index contributed by atoms with van der Waals surface area (Å²) in [6.45, 7) is 3.64. The quantitative estimate of drug-likeness (QED) is 0.597. The summed E-state index contributed by atoms with van der Waals surface area (Å²) in [5, 5.41) is 4.10. The molecule has 0 radical (unpaired) electrons. The molecule has 7 nitrogen and oxygen atoms in total. The normalized spacial score (nSPS) is 15.0. The molecule has 1 saturated heterocycles. The molecular formula is C19H17N5O2. The second-order valence-corrected chi connectivity index (χ2v) is 6.34. The van der Waals surface area contributed by atoms with Gasteiger partial charge in [-0.1, -0.05) is 6.07 Å². The molecule has 4 aromatic rings. The Morgan fingerprint density at radius 3 is 2.81 bits per heavy atom. The van der Waals surface area contributed by atoms with Gasteiger partial charge in [0.05, 0.1) is 11.3 Å². The summed E-state index contributed by atoms with van der Waals surface area (Å²) in [6.07, 6.45) is 3.73. The average molecular weight is 347 g/mol. The zero-order chi connectivity index (χ0) is 17.5. The van der Waals surface area contributed by atoms with E-state index in [1.165, 1.54) is 0 Å². The van der Waals surface area contributed by atoms with Crippen LogP contribution in [0.3, 0.4) is 0 Å². The molecule has 1 aliphatic heterocycles. The number of hydrogen-bond donors (Lipinski definition) is 1. The lowest BCUT2D eigenvalue weighted by molar-refractivity contribution is 0.547. The number of piperazine rings is 1. The van der Waals surface area contributed by atoms with E-state index in [2.05, 4.69) is 20.2 Å².